The second-order valence-electron chi connectivity index (χ2n) is 15.5. The van der Waals surface area contributed by atoms with Gasteiger partial charge in [-0.15, -0.1) is 0 Å². The summed E-state index contributed by atoms with van der Waals surface area (Å²) in [4.78, 5) is 12.2. The first-order chi connectivity index (χ1) is 25.2. The van der Waals surface area contributed by atoms with Crippen LogP contribution >= 0.6 is 0 Å². The SMILES string of the molecule is CCCCC/C=C\C/C=C\CCCCCCCC(=O)OC(CO)COCCCCCCCCCCCCCCCCCCCCCCCCCC. The van der Waals surface area contributed by atoms with E-state index < -0.39 is 6.10 Å². The number of allylic oxidation sites excluding steroid dienone is 4. The Morgan fingerprint density at radius 3 is 1.25 bits per heavy atom. The Hall–Kier alpha value is -1.13. The third kappa shape index (κ3) is 43.2. The number of unbranched alkanes of at least 4 members (excludes halogenated alkanes) is 31. The maximum Gasteiger partial charge on any atom is 0.306 e. The van der Waals surface area contributed by atoms with E-state index in [4.69, 9.17) is 9.47 Å². The van der Waals surface area contributed by atoms with Crippen LogP contribution in [-0.4, -0.2) is 37.0 Å². The molecule has 0 amide bonds. The molecule has 0 aliphatic heterocycles. The number of ether oxygens (including phenoxy) is 2. The maximum absolute atomic E-state index is 12.2. The molecule has 0 rings (SSSR count). The van der Waals surface area contributed by atoms with Crippen LogP contribution in [0.5, 0.6) is 0 Å². The minimum atomic E-state index is -0.537. The summed E-state index contributed by atoms with van der Waals surface area (Å²) >= 11 is 0. The van der Waals surface area contributed by atoms with Crippen LogP contribution < -0.4 is 0 Å². The number of hydrogen-bond donors (Lipinski definition) is 1. The molecular formula is C47H90O4. The van der Waals surface area contributed by atoms with Gasteiger partial charge >= 0.3 is 5.97 Å². The van der Waals surface area contributed by atoms with Gasteiger partial charge in [0.15, 0.2) is 0 Å². The highest BCUT2D eigenvalue weighted by Crippen LogP contribution is 2.16. The maximum atomic E-state index is 12.2. The van der Waals surface area contributed by atoms with Crippen LogP contribution in [0.3, 0.4) is 0 Å². The Labute approximate surface area is 319 Å². The van der Waals surface area contributed by atoms with Crippen LogP contribution in [0, 0.1) is 0 Å². The Morgan fingerprint density at radius 2 is 0.824 bits per heavy atom. The molecule has 0 saturated heterocycles. The second-order valence-corrected chi connectivity index (χ2v) is 15.5. The molecule has 0 aromatic carbocycles. The summed E-state index contributed by atoms with van der Waals surface area (Å²) in [6.45, 7) is 5.34. The van der Waals surface area contributed by atoms with Gasteiger partial charge in [0.05, 0.1) is 13.2 Å². The van der Waals surface area contributed by atoms with Gasteiger partial charge in [-0.25, -0.2) is 0 Å². The second kappa shape index (κ2) is 45.0. The van der Waals surface area contributed by atoms with E-state index in [0.717, 1.165) is 38.5 Å². The summed E-state index contributed by atoms with van der Waals surface area (Å²) in [5, 5.41) is 9.60. The van der Waals surface area contributed by atoms with Gasteiger partial charge < -0.3 is 14.6 Å². The summed E-state index contributed by atoms with van der Waals surface area (Å²) < 4.78 is 11.2. The summed E-state index contributed by atoms with van der Waals surface area (Å²) in [5.41, 5.74) is 0. The predicted molar refractivity (Wildman–Crippen MR) is 224 cm³/mol. The lowest BCUT2D eigenvalue weighted by molar-refractivity contribution is -0.154. The van der Waals surface area contributed by atoms with Crippen LogP contribution in [0.15, 0.2) is 24.3 Å². The predicted octanol–water partition coefficient (Wildman–Crippen LogP) is 15.1. The highest BCUT2D eigenvalue weighted by molar-refractivity contribution is 5.69. The number of rotatable bonds is 43. The molecule has 1 atom stereocenters. The van der Waals surface area contributed by atoms with Crippen molar-refractivity contribution < 1.29 is 19.4 Å². The summed E-state index contributed by atoms with van der Waals surface area (Å²) in [6, 6.07) is 0. The first kappa shape index (κ1) is 49.9. The number of carbonyl (C=O) groups excluding carboxylic acids is 1. The van der Waals surface area contributed by atoms with Gasteiger partial charge in [-0.3, -0.25) is 4.79 Å². The molecule has 51 heavy (non-hydrogen) atoms. The fourth-order valence-electron chi connectivity index (χ4n) is 6.83. The average molecular weight is 719 g/mol. The van der Waals surface area contributed by atoms with E-state index in [2.05, 4.69) is 38.2 Å². The smallest absolute Gasteiger partial charge is 0.306 e. The van der Waals surface area contributed by atoms with Crippen molar-refractivity contribution in [2.24, 2.45) is 0 Å². The lowest BCUT2D eigenvalue weighted by atomic mass is 10.0. The van der Waals surface area contributed by atoms with Crippen molar-refractivity contribution >= 4 is 5.97 Å². The van der Waals surface area contributed by atoms with Crippen molar-refractivity contribution in [3.05, 3.63) is 24.3 Å². The van der Waals surface area contributed by atoms with Crippen LogP contribution in [0.4, 0.5) is 0 Å². The van der Waals surface area contributed by atoms with E-state index in [1.54, 1.807) is 0 Å². The van der Waals surface area contributed by atoms with Crippen molar-refractivity contribution in [3.63, 3.8) is 0 Å². The molecule has 0 aliphatic rings. The molecule has 4 nitrogen and oxygen atoms in total. The van der Waals surface area contributed by atoms with Crippen molar-refractivity contribution in [2.45, 2.75) is 251 Å². The Kier molecular flexibility index (Phi) is 44.0. The fourth-order valence-corrected chi connectivity index (χ4v) is 6.83. The van der Waals surface area contributed by atoms with Gasteiger partial charge in [-0.2, -0.15) is 0 Å². The van der Waals surface area contributed by atoms with Crippen LogP contribution in [-0.2, 0) is 14.3 Å². The van der Waals surface area contributed by atoms with E-state index in [-0.39, 0.29) is 12.6 Å². The Bertz CT molecular complexity index is 717. The van der Waals surface area contributed by atoms with Crippen molar-refractivity contribution in [1.82, 2.24) is 0 Å². The summed E-state index contributed by atoms with van der Waals surface area (Å²) in [7, 11) is 0. The highest BCUT2D eigenvalue weighted by Gasteiger charge is 2.13. The van der Waals surface area contributed by atoms with Crippen molar-refractivity contribution in [1.29, 1.82) is 0 Å². The molecule has 0 fully saturated rings. The molecule has 0 radical (unpaired) electrons. The van der Waals surface area contributed by atoms with E-state index in [0.29, 0.717) is 19.6 Å². The van der Waals surface area contributed by atoms with Crippen LogP contribution in [0.25, 0.3) is 0 Å². The van der Waals surface area contributed by atoms with Gasteiger partial charge in [0.2, 0.25) is 0 Å². The molecule has 1 N–H and O–H groups in total. The molecule has 0 saturated carbocycles. The van der Waals surface area contributed by atoms with E-state index in [1.807, 2.05) is 0 Å². The third-order valence-electron chi connectivity index (χ3n) is 10.3. The quantitative estimate of drug-likeness (QED) is 0.0387. The summed E-state index contributed by atoms with van der Waals surface area (Å²) in [5.74, 6) is -0.210. The zero-order valence-corrected chi connectivity index (χ0v) is 34.6. The summed E-state index contributed by atoms with van der Waals surface area (Å²) in [6.07, 6.45) is 55.4. The lowest BCUT2D eigenvalue weighted by Crippen LogP contribution is -2.27. The normalized spacial score (nSPS) is 12.5. The van der Waals surface area contributed by atoms with Gasteiger partial charge in [0, 0.05) is 13.0 Å². The number of aliphatic hydroxyl groups excluding tert-OH is 1. The molecule has 0 aromatic rings. The van der Waals surface area contributed by atoms with Gasteiger partial charge in [-0.1, -0.05) is 218 Å². The number of carbonyl (C=O) groups is 1. The third-order valence-corrected chi connectivity index (χ3v) is 10.3. The molecule has 0 aromatic heterocycles. The first-order valence-electron chi connectivity index (χ1n) is 22.9. The lowest BCUT2D eigenvalue weighted by Gasteiger charge is -2.15. The van der Waals surface area contributed by atoms with Gasteiger partial charge in [0.25, 0.3) is 0 Å². The molecule has 1 unspecified atom stereocenters. The molecule has 0 aliphatic carbocycles. The number of aliphatic hydroxyl groups is 1. The topological polar surface area (TPSA) is 55.8 Å². The van der Waals surface area contributed by atoms with Gasteiger partial charge in [0.1, 0.15) is 6.10 Å². The fraction of sp³-hybridized carbons (Fsp3) is 0.894. The molecule has 0 heterocycles. The van der Waals surface area contributed by atoms with E-state index >= 15 is 0 Å². The van der Waals surface area contributed by atoms with Crippen molar-refractivity contribution in [2.75, 3.05) is 19.8 Å². The highest BCUT2D eigenvalue weighted by atomic mass is 16.6. The zero-order chi connectivity index (χ0) is 37.0. The van der Waals surface area contributed by atoms with Gasteiger partial charge in [-0.05, 0) is 44.9 Å². The number of esters is 1. The minimum absolute atomic E-state index is 0.173. The Morgan fingerprint density at radius 1 is 0.471 bits per heavy atom. The largest absolute Gasteiger partial charge is 0.457 e. The molecule has 0 bridgehead atoms. The van der Waals surface area contributed by atoms with E-state index in [1.165, 1.54) is 186 Å². The minimum Gasteiger partial charge on any atom is -0.457 e. The standard InChI is InChI=1S/C47H90O4/c1-3-5-7-9-11-13-15-17-19-20-21-22-23-24-25-26-27-29-31-33-35-37-39-41-43-50-45-46(44-48)51-47(49)42-40-38-36-34-32-30-28-18-16-14-12-10-8-6-4-2/h12,14,18,28,46,48H,3-11,13,15-17,19-27,29-45H2,1-2H3/b14-12-,28-18-. The Balaban J connectivity index is 3.36. The van der Waals surface area contributed by atoms with Crippen LogP contribution in [0.2, 0.25) is 0 Å². The van der Waals surface area contributed by atoms with Crippen LogP contribution in [0.1, 0.15) is 245 Å². The van der Waals surface area contributed by atoms with E-state index in [9.17, 15) is 9.90 Å². The molecule has 302 valence electrons. The number of hydrogen-bond acceptors (Lipinski definition) is 4. The van der Waals surface area contributed by atoms with Crippen molar-refractivity contribution in [3.8, 4) is 0 Å². The molecule has 4 heteroatoms. The average Bonchev–Trinajstić information content (AvgIpc) is 3.14. The monoisotopic (exact) mass is 719 g/mol. The molecule has 0 spiro atoms. The zero-order valence-electron chi connectivity index (χ0n) is 34.6. The first-order valence-corrected chi connectivity index (χ1v) is 22.9. The molecular weight excluding hydrogens is 629 g/mol.